The van der Waals surface area contributed by atoms with Crippen LogP contribution >= 0.6 is 22.7 Å². The molecule has 78 heavy (non-hydrogen) atoms. The second-order valence-corrected chi connectivity index (χ2v) is 21.8. The minimum absolute atomic E-state index is 0.573. The van der Waals surface area contributed by atoms with Gasteiger partial charge in [-0.1, -0.05) is 170 Å². The molecule has 5 aromatic heterocycles. The summed E-state index contributed by atoms with van der Waals surface area (Å²) in [6.45, 7) is 8.18. The van der Waals surface area contributed by atoms with Crippen molar-refractivity contribution in [1.82, 2.24) is 24.1 Å². The van der Waals surface area contributed by atoms with Crippen LogP contribution in [-0.4, -0.2) is 24.1 Å². The first-order valence-electron chi connectivity index (χ1n) is 25.9. The Balaban J connectivity index is 0.992. The maximum absolute atomic E-state index is 8.18. The summed E-state index contributed by atoms with van der Waals surface area (Å²) in [7, 11) is 0. The molecule has 0 radical (unpaired) electrons. The lowest BCUT2D eigenvalue weighted by Gasteiger charge is -2.19. The Labute approximate surface area is 455 Å². The second-order valence-electron chi connectivity index (χ2n) is 19.7. The minimum Gasteiger partial charge on any atom is -0.309 e. The lowest BCUT2D eigenvalue weighted by Crippen LogP contribution is -2.02. The van der Waals surface area contributed by atoms with Crippen LogP contribution in [0.1, 0.15) is 0 Å². The van der Waals surface area contributed by atoms with Gasteiger partial charge in [-0.3, -0.25) is 0 Å². The molecule has 16 aromatic rings. The average molecular weight is 1030 g/mol. The molecule has 0 saturated heterocycles. The maximum Gasteiger partial charge on any atom is 0.187 e. The Hall–Kier alpha value is -10.0. The monoisotopic (exact) mass is 1030 g/mol. The SMILES string of the molecule is [C-]#[N+]c1cccc(-c2cc(-c3cc(-c4nc(-c5ccccc5)nc(-c5ccccc5)n4)ccc3-n3c4ccccc4c4c5sc6ccccc6c5ccc43)ccc2-n2c3ccccc3c3c4sc5ccccc5c4ccc32)c1. The third-order valence-electron chi connectivity index (χ3n) is 15.4. The summed E-state index contributed by atoms with van der Waals surface area (Å²) in [6.07, 6.45) is 0. The van der Waals surface area contributed by atoms with Crippen LogP contribution in [0, 0.1) is 6.57 Å². The molecular weight excluding hydrogens is 989 g/mol. The van der Waals surface area contributed by atoms with E-state index in [1.54, 1.807) is 0 Å². The van der Waals surface area contributed by atoms with Crippen LogP contribution in [0.15, 0.2) is 243 Å². The van der Waals surface area contributed by atoms with Gasteiger partial charge >= 0.3 is 0 Å². The van der Waals surface area contributed by atoms with Crippen molar-refractivity contribution in [2.45, 2.75) is 0 Å². The molecular formula is C70H40N6S2. The molecule has 0 atom stereocenters. The van der Waals surface area contributed by atoms with E-state index in [-0.39, 0.29) is 0 Å². The summed E-state index contributed by atoms with van der Waals surface area (Å²) in [4.78, 5) is 19.5. The predicted molar refractivity (Wildman–Crippen MR) is 328 cm³/mol. The number of thiophene rings is 2. The highest BCUT2D eigenvalue weighted by molar-refractivity contribution is 7.27. The quantitative estimate of drug-likeness (QED) is 0.150. The van der Waals surface area contributed by atoms with Gasteiger partial charge in [0, 0.05) is 89.7 Å². The van der Waals surface area contributed by atoms with E-state index in [0.717, 1.165) is 72.4 Å². The Kier molecular flexibility index (Phi) is 9.94. The van der Waals surface area contributed by atoms with Gasteiger partial charge in [0.15, 0.2) is 23.2 Å². The van der Waals surface area contributed by atoms with Crippen LogP contribution in [0.3, 0.4) is 0 Å². The Morgan fingerprint density at radius 3 is 1.27 bits per heavy atom. The van der Waals surface area contributed by atoms with Crippen molar-refractivity contribution in [2.75, 3.05) is 0 Å². The molecule has 0 aliphatic rings. The second kappa shape index (κ2) is 17.5. The first kappa shape index (κ1) is 44.3. The number of benzene rings is 11. The van der Waals surface area contributed by atoms with E-state index in [2.05, 4.69) is 178 Å². The topological polar surface area (TPSA) is 52.9 Å². The summed E-state index contributed by atoms with van der Waals surface area (Å²) < 4.78 is 9.98. The molecule has 0 aliphatic carbocycles. The van der Waals surface area contributed by atoms with E-state index in [4.69, 9.17) is 21.5 Å². The molecule has 5 heterocycles. The average Bonchev–Trinajstić information content (AvgIpc) is 4.47. The standard InChI is InChI=1S/C70H40N6S2/c1-71-47-22-16-21-44(39-47)54-40-45(31-35-58(54)75-56-27-12-8-25-52(56)64-60(75)37-33-50-48-23-10-14-29-62(48)77-66(50)64)55-41-46(70-73-68(42-17-4-2-5-18-42)72-69(74-70)43-19-6-3-7-20-43)32-36-59(55)76-57-28-13-9-26-53(57)65-61(76)38-34-51-49-24-11-15-30-63(49)78-67(51)65/h2-41H. The van der Waals surface area contributed by atoms with E-state index < -0.39 is 0 Å². The zero-order chi connectivity index (χ0) is 51.4. The smallest absolute Gasteiger partial charge is 0.187 e. The van der Waals surface area contributed by atoms with Gasteiger partial charge in [0.25, 0.3) is 0 Å². The van der Waals surface area contributed by atoms with Crippen molar-refractivity contribution in [3.05, 3.63) is 254 Å². The Bertz CT molecular complexity index is 5120. The maximum atomic E-state index is 8.18. The highest BCUT2D eigenvalue weighted by Gasteiger charge is 2.24. The zero-order valence-corrected chi connectivity index (χ0v) is 43.2. The van der Waals surface area contributed by atoms with Gasteiger partial charge in [-0.15, -0.1) is 22.7 Å². The fourth-order valence-electron chi connectivity index (χ4n) is 11.9. The lowest BCUT2D eigenvalue weighted by molar-refractivity contribution is 1.07. The van der Waals surface area contributed by atoms with Gasteiger partial charge < -0.3 is 9.13 Å². The first-order chi connectivity index (χ1) is 38.6. The molecule has 0 bridgehead atoms. The van der Waals surface area contributed by atoms with Crippen molar-refractivity contribution < 1.29 is 0 Å². The Morgan fingerprint density at radius 1 is 0.321 bits per heavy atom. The number of aromatic nitrogens is 5. The zero-order valence-electron chi connectivity index (χ0n) is 41.6. The summed E-state index contributed by atoms with van der Waals surface area (Å²) in [5, 5.41) is 9.95. The van der Waals surface area contributed by atoms with Gasteiger partial charge in [0.1, 0.15) is 0 Å². The Morgan fingerprint density at radius 2 is 0.744 bits per heavy atom. The largest absolute Gasteiger partial charge is 0.309 e. The van der Waals surface area contributed by atoms with Crippen molar-refractivity contribution in [2.24, 2.45) is 0 Å². The lowest BCUT2D eigenvalue weighted by atomic mass is 9.94. The van der Waals surface area contributed by atoms with E-state index in [1.807, 2.05) is 102 Å². The number of para-hydroxylation sites is 2. The van der Waals surface area contributed by atoms with Crippen molar-refractivity contribution in [3.8, 4) is 67.8 Å². The normalized spacial score (nSPS) is 11.8. The molecule has 0 N–H and O–H groups in total. The highest BCUT2D eigenvalue weighted by atomic mass is 32.1. The predicted octanol–water partition coefficient (Wildman–Crippen LogP) is 19.7. The summed E-state index contributed by atoms with van der Waals surface area (Å²) in [5.41, 5.74) is 13.7. The number of nitrogens with zero attached hydrogens (tertiary/aromatic N) is 6. The molecule has 0 unspecified atom stereocenters. The first-order valence-corrected chi connectivity index (χ1v) is 27.6. The van der Waals surface area contributed by atoms with Crippen LogP contribution in [0.2, 0.25) is 0 Å². The molecule has 6 nitrogen and oxygen atoms in total. The molecule has 362 valence electrons. The van der Waals surface area contributed by atoms with Crippen molar-refractivity contribution >= 4 is 112 Å². The van der Waals surface area contributed by atoms with Crippen LogP contribution < -0.4 is 0 Å². The van der Waals surface area contributed by atoms with Crippen molar-refractivity contribution in [1.29, 1.82) is 0 Å². The fraction of sp³-hybridized carbons (Fsp3) is 0. The van der Waals surface area contributed by atoms with Crippen molar-refractivity contribution in [3.63, 3.8) is 0 Å². The number of hydrogen-bond acceptors (Lipinski definition) is 5. The van der Waals surface area contributed by atoms with Crippen LogP contribution in [-0.2, 0) is 0 Å². The molecule has 8 heteroatoms. The van der Waals surface area contributed by atoms with Gasteiger partial charge in [0.2, 0.25) is 0 Å². The summed E-state index contributed by atoms with van der Waals surface area (Å²) in [5.74, 6) is 1.78. The summed E-state index contributed by atoms with van der Waals surface area (Å²) in [6, 6.07) is 86.1. The third-order valence-corrected chi connectivity index (χ3v) is 17.8. The summed E-state index contributed by atoms with van der Waals surface area (Å²) >= 11 is 3.72. The molecule has 0 fully saturated rings. The number of hydrogen-bond donors (Lipinski definition) is 0. The van der Waals surface area contributed by atoms with Crippen LogP contribution in [0.4, 0.5) is 5.69 Å². The van der Waals surface area contributed by atoms with Gasteiger partial charge in [-0.2, -0.15) is 0 Å². The van der Waals surface area contributed by atoms with Crippen LogP contribution in [0.5, 0.6) is 0 Å². The molecule has 0 saturated carbocycles. The van der Waals surface area contributed by atoms with Crippen LogP contribution in [0.25, 0.3) is 157 Å². The molecule has 0 aliphatic heterocycles. The van der Waals surface area contributed by atoms with Gasteiger partial charge in [-0.25, -0.2) is 19.8 Å². The molecule has 16 rings (SSSR count). The fourth-order valence-corrected chi connectivity index (χ4v) is 14.4. The van der Waals surface area contributed by atoms with E-state index in [0.29, 0.717) is 23.2 Å². The number of fused-ring (bicyclic) bond motifs is 14. The van der Waals surface area contributed by atoms with E-state index in [1.165, 1.54) is 61.9 Å². The molecule has 0 amide bonds. The van der Waals surface area contributed by atoms with E-state index >= 15 is 0 Å². The molecule has 0 spiro atoms. The third kappa shape index (κ3) is 6.82. The van der Waals surface area contributed by atoms with E-state index in [9.17, 15) is 0 Å². The molecule has 11 aromatic carbocycles. The highest BCUT2D eigenvalue weighted by Crippen LogP contribution is 2.48. The minimum atomic E-state index is 0.573. The van der Waals surface area contributed by atoms with Gasteiger partial charge in [-0.05, 0) is 83.9 Å². The number of rotatable bonds is 7. The van der Waals surface area contributed by atoms with Gasteiger partial charge in [0.05, 0.1) is 40.0 Å².